The first-order valence-corrected chi connectivity index (χ1v) is 6.16. The van der Waals surface area contributed by atoms with Gasteiger partial charge in [-0.2, -0.15) is 0 Å². The minimum absolute atomic E-state index is 0.978. The van der Waals surface area contributed by atoms with Gasteiger partial charge in [0.15, 0.2) is 0 Å². The molecule has 1 rings (SSSR count). The summed E-state index contributed by atoms with van der Waals surface area (Å²) in [5, 5.41) is 10.2. The highest BCUT2D eigenvalue weighted by atomic mass is 127. The van der Waals surface area contributed by atoms with E-state index < -0.39 is 0 Å². The lowest BCUT2D eigenvalue weighted by Crippen LogP contribution is -1.74. The van der Waals surface area contributed by atoms with Gasteiger partial charge in [-0.25, -0.2) is 0 Å². The smallest absolute Gasteiger partial charge is 0.127 e. The van der Waals surface area contributed by atoms with Crippen LogP contribution in [0.5, 0.6) is 0 Å². The van der Waals surface area contributed by atoms with Gasteiger partial charge >= 0.3 is 0 Å². The molecule has 0 N–H and O–H groups in total. The van der Waals surface area contributed by atoms with Crippen molar-refractivity contribution in [3.05, 3.63) is 10.0 Å². The zero-order valence-corrected chi connectivity index (χ0v) is 9.60. The maximum Gasteiger partial charge on any atom is 0.127 e. The molecule has 0 aliphatic carbocycles. The molecule has 0 aliphatic rings. The van der Waals surface area contributed by atoms with Crippen LogP contribution in [-0.2, 0) is 8.86 Å². The molecule has 0 amide bonds. The Kier molecular flexibility index (Phi) is 3.62. The van der Waals surface area contributed by atoms with E-state index in [1.165, 1.54) is 0 Å². The van der Waals surface area contributed by atoms with Crippen LogP contribution in [-0.4, -0.2) is 10.2 Å². The summed E-state index contributed by atoms with van der Waals surface area (Å²) in [6, 6.07) is 0. The molecule has 0 fully saturated rings. The maximum atomic E-state index is 3.96. The lowest BCUT2D eigenvalue weighted by Gasteiger charge is -1.76. The summed E-state index contributed by atoms with van der Waals surface area (Å²) in [7, 11) is 0. The Hall–Kier alpha value is 1.02. The predicted octanol–water partition coefficient (Wildman–Crippen LogP) is 2.41. The topological polar surface area (TPSA) is 25.8 Å². The molecule has 0 spiro atoms. The Balaban J connectivity index is 2.74. The zero-order chi connectivity index (χ0) is 6.69. The minimum Gasteiger partial charge on any atom is -0.143 e. The molecule has 0 saturated heterocycles. The van der Waals surface area contributed by atoms with Crippen molar-refractivity contribution in [2.45, 2.75) is 8.86 Å². The van der Waals surface area contributed by atoms with Crippen molar-refractivity contribution in [1.29, 1.82) is 0 Å². The fraction of sp³-hybridized carbons (Fsp3) is 0.500. The Bertz CT molecular complexity index is 170. The lowest BCUT2D eigenvalue weighted by atomic mass is 10.9. The van der Waals surface area contributed by atoms with E-state index in [0.717, 1.165) is 18.9 Å². The molecule has 0 bridgehead atoms. The second-order valence-corrected chi connectivity index (χ2v) is 4.03. The molecular formula is C4H4I2N2S. The zero-order valence-electron chi connectivity index (χ0n) is 4.47. The Morgan fingerprint density at radius 1 is 1.11 bits per heavy atom. The van der Waals surface area contributed by atoms with E-state index in [1.54, 1.807) is 11.3 Å². The first kappa shape index (κ1) is 8.12. The van der Waals surface area contributed by atoms with Crippen LogP contribution in [0.25, 0.3) is 0 Å². The summed E-state index contributed by atoms with van der Waals surface area (Å²) in [5.41, 5.74) is 0. The number of hydrogen-bond acceptors (Lipinski definition) is 3. The first-order chi connectivity index (χ1) is 4.36. The van der Waals surface area contributed by atoms with Crippen LogP contribution in [0.2, 0.25) is 0 Å². The molecule has 50 valence electrons. The molecular weight excluding hydrogens is 362 g/mol. The molecule has 1 aromatic heterocycles. The number of halogens is 2. The van der Waals surface area contributed by atoms with Crippen LogP contribution >= 0.6 is 56.5 Å². The highest BCUT2D eigenvalue weighted by molar-refractivity contribution is 14.1. The third kappa shape index (κ3) is 2.26. The monoisotopic (exact) mass is 366 g/mol. The summed E-state index contributed by atoms with van der Waals surface area (Å²) >= 11 is 6.27. The highest BCUT2D eigenvalue weighted by Gasteiger charge is 1.98. The second kappa shape index (κ2) is 4.02. The van der Waals surface area contributed by atoms with Crippen molar-refractivity contribution >= 4 is 56.5 Å². The molecule has 2 nitrogen and oxygen atoms in total. The molecule has 1 aromatic rings. The SMILES string of the molecule is ICc1nnc(CI)s1. The molecule has 0 atom stereocenters. The summed E-state index contributed by atoms with van der Waals surface area (Å²) in [6.45, 7) is 0. The van der Waals surface area contributed by atoms with Crippen molar-refractivity contribution < 1.29 is 0 Å². The van der Waals surface area contributed by atoms with Gasteiger partial charge < -0.3 is 0 Å². The molecule has 0 saturated carbocycles. The van der Waals surface area contributed by atoms with Crippen molar-refractivity contribution in [3.63, 3.8) is 0 Å². The third-order valence-corrected chi connectivity index (χ3v) is 4.14. The molecule has 0 unspecified atom stereocenters. The van der Waals surface area contributed by atoms with Gasteiger partial charge in [-0.15, -0.1) is 10.2 Å². The fourth-order valence-corrected chi connectivity index (χ4v) is 2.18. The molecule has 5 heteroatoms. The van der Waals surface area contributed by atoms with E-state index >= 15 is 0 Å². The number of alkyl halides is 2. The van der Waals surface area contributed by atoms with Crippen molar-refractivity contribution in [2.75, 3.05) is 0 Å². The summed E-state index contributed by atoms with van der Waals surface area (Å²) in [5.74, 6) is 0. The van der Waals surface area contributed by atoms with Crippen LogP contribution in [0.4, 0.5) is 0 Å². The van der Waals surface area contributed by atoms with Gasteiger partial charge in [-0.1, -0.05) is 56.5 Å². The van der Waals surface area contributed by atoms with Crippen LogP contribution < -0.4 is 0 Å². The van der Waals surface area contributed by atoms with E-state index in [1.807, 2.05) is 0 Å². The largest absolute Gasteiger partial charge is 0.143 e. The number of rotatable bonds is 2. The molecule has 0 aliphatic heterocycles. The Morgan fingerprint density at radius 2 is 1.56 bits per heavy atom. The number of aromatic nitrogens is 2. The Labute approximate surface area is 84.7 Å². The van der Waals surface area contributed by atoms with Crippen LogP contribution in [0.3, 0.4) is 0 Å². The van der Waals surface area contributed by atoms with Crippen molar-refractivity contribution in [2.24, 2.45) is 0 Å². The van der Waals surface area contributed by atoms with Crippen LogP contribution in [0.1, 0.15) is 10.0 Å². The molecule has 1 heterocycles. The van der Waals surface area contributed by atoms with Gasteiger partial charge in [-0.3, -0.25) is 0 Å². The van der Waals surface area contributed by atoms with Crippen molar-refractivity contribution in [1.82, 2.24) is 10.2 Å². The predicted molar refractivity (Wildman–Crippen MR) is 55.4 cm³/mol. The third-order valence-electron chi connectivity index (χ3n) is 0.737. The van der Waals surface area contributed by atoms with Crippen molar-refractivity contribution in [3.8, 4) is 0 Å². The number of hydrogen-bond donors (Lipinski definition) is 0. The molecule has 9 heavy (non-hydrogen) atoms. The van der Waals surface area contributed by atoms with Crippen LogP contribution in [0, 0.1) is 0 Å². The average Bonchev–Trinajstić information content (AvgIpc) is 2.34. The quantitative estimate of drug-likeness (QED) is 0.594. The highest BCUT2D eigenvalue weighted by Crippen LogP contribution is 2.14. The van der Waals surface area contributed by atoms with Gasteiger partial charge in [0.2, 0.25) is 0 Å². The van der Waals surface area contributed by atoms with Gasteiger partial charge in [0.25, 0.3) is 0 Å². The van der Waals surface area contributed by atoms with E-state index in [9.17, 15) is 0 Å². The van der Waals surface area contributed by atoms with E-state index in [2.05, 4.69) is 55.4 Å². The Morgan fingerprint density at radius 3 is 1.78 bits per heavy atom. The van der Waals surface area contributed by atoms with E-state index in [-0.39, 0.29) is 0 Å². The first-order valence-electron chi connectivity index (χ1n) is 2.30. The van der Waals surface area contributed by atoms with E-state index in [0.29, 0.717) is 0 Å². The lowest BCUT2D eigenvalue weighted by molar-refractivity contribution is 1.01. The molecule has 0 aromatic carbocycles. The summed E-state index contributed by atoms with van der Waals surface area (Å²) in [6.07, 6.45) is 0. The minimum atomic E-state index is 0.978. The fourth-order valence-electron chi connectivity index (χ4n) is 0.396. The maximum absolute atomic E-state index is 3.96. The second-order valence-electron chi connectivity index (χ2n) is 1.36. The van der Waals surface area contributed by atoms with Gasteiger partial charge in [0.05, 0.1) is 8.86 Å². The van der Waals surface area contributed by atoms with Gasteiger partial charge in [-0.05, 0) is 0 Å². The van der Waals surface area contributed by atoms with E-state index in [4.69, 9.17) is 0 Å². The van der Waals surface area contributed by atoms with Crippen LogP contribution in [0.15, 0.2) is 0 Å². The van der Waals surface area contributed by atoms with Gasteiger partial charge in [0, 0.05) is 0 Å². The molecule has 0 radical (unpaired) electrons. The summed E-state index contributed by atoms with van der Waals surface area (Å²) < 4.78 is 1.96. The van der Waals surface area contributed by atoms with Gasteiger partial charge in [0.1, 0.15) is 10.0 Å². The standard InChI is InChI=1S/C4H4I2N2S/c5-1-3-7-8-4(2-6)9-3/h1-2H2. The normalized spacial score (nSPS) is 10.0. The number of nitrogens with zero attached hydrogens (tertiary/aromatic N) is 2. The summed E-state index contributed by atoms with van der Waals surface area (Å²) in [4.78, 5) is 0. The average molecular weight is 366 g/mol.